The predicted molar refractivity (Wildman–Crippen MR) is 69.8 cm³/mol. The number of nitrogens with two attached hydrogens (primary N) is 1. The fourth-order valence-electron chi connectivity index (χ4n) is 1.71. The van der Waals surface area contributed by atoms with Gasteiger partial charge in [0.2, 0.25) is 0 Å². The van der Waals surface area contributed by atoms with Crippen molar-refractivity contribution >= 4 is 17.4 Å². The van der Waals surface area contributed by atoms with Gasteiger partial charge < -0.3 is 5.73 Å². The summed E-state index contributed by atoms with van der Waals surface area (Å²) in [7, 11) is 0. The van der Waals surface area contributed by atoms with E-state index >= 15 is 0 Å². The van der Waals surface area contributed by atoms with Gasteiger partial charge in [-0.1, -0.05) is 24.1 Å². The minimum absolute atomic E-state index is 0.0365. The molecule has 0 atom stereocenters. The molecule has 0 aromatic carbocycles. The molecular formula is C13H12ClF2N3. The Morgan fingerprint density at radius 2 is 2.21 bits per heavy atom. The highest BCUT2D eigenvalue weighted by molar-refractivity contribution is 6.29. The lowest BCUT2D eigenvalue weighted by molar-refractivity contribution is -0.00995. The monoisotopic (exact) mass is 283 g/mol. The van der Waals surface area contributed by atoms with E-state index in [2.05, 4.69) is 28.4 Å². The number of halogens is 3. The molecule has 2 N–H and O–H groups in total. The molecule has 1 aliphatic rings. The highest BCUT2D eigenvalue weighted by Gasteiger charge is 2.61. The van der Waals surface area contributed by atoms with E-state index in [4.69, 9.17) is 17.3 Å². The molecule has 1 aromatic heterocycles. The summed E-state index contributed by atoms with van der Waals surface area (Å²) in [5.74, 6) is 2.19. The number of nitrogens with zero attached hydrogens (tertiary/aromatic N) is 2. The summed E-state index contributed by atoms with van der Waals surface area (Å²) >= 11 is 5.60. The lowest BCUT2D eigenvalue weighted by atomic mass is 9.93. The van der Waals surface area contributed by atoms with Gasteiger partial charge in [0.1, 0.15) is 5.15 Å². The second kappa shape index (κ2) is 4.46. The van der Waals surface area contributed by atoms with Crippen LogP contribution in [0.2, 0.25) is 5.15 Å². The summed E-state index contributed by atoms with van der Waals surface area (Å²) in [6.45, 7) is 4.63. The van der Waals surface area contributed by atoms with E-state index in [-0.39, 0.29) is 22.2 Å². The first-order valence-electron chi connectivity index (χ1n) is 5.63. The Kier molecular flexibility index (Phi) is 3.23. The van der Waals surface area contributed by atoms with Crippen LogP contribution in [-0.2, 0) is 0 Å². The number of anilines is 1. The van der Waals surface area contributed by atoms with Crippen LogP contribution in [0.4, 0.5) is 14.6 Å². The third-order valence-electron chi connectivity index (χ3n) is 3.08. The average Bonchev–Trinajstić information content (AvgIpc) is 3.09. The van der Waals surface area contributed by atoms with Gasteiger partial charge in [-0.2, -0.15) is 0 Å². The predicted octanol–water partition coefficient (Wildman–Crippen LogP) is 3.06. The van der Waals surface area contributed by atoms with Crippen LogP contribution in [0, 0.1) is 17.3 Å². The second-order valence-corrected chi connectivity index (χ2v) is 5.00. The molecule has 2 rings (SSSR count). The van der Waals surface area contributed by atoms with Crippen molar-refractivity contribution in [3.8, 4) is 11.8 Å². The van der Waals surface area contributed by atoms with Gasteiger partial charge in [-0.25, -0.2) is 18.7 Å². The fourth-order valence-corrected chi connectivity index (χ4v) is 1.85. The van der Waals surface area contributed by atoms with Gasteiger partial charge in [-0.15, -0.1) is 0 Å². The average molecular weight is 284 g/mol. The molecule has 0 radical (unpaired) electrons. The van der Waals surface area contributed by atoms with Gasteiger partial charge in [0, 0.05) is 0 Å². The lowest BCUT2D eigenvalue weighted by Crippen LogP contribution is -2.29. The van der Waals surface area contributed by atoms with Crippen LogP contribution in [0.15, 0.2) is 18.3 Å². The Labute approximate surface area is 114 Å². The standard InChI is InChI=1S/C13H12ClF2N3/c1-8(2)13(15,16)12(5-6-12)4-3-9-11(17)19-10(14)7-18-9/h7H,1,5-6H2,2H3,(H2,17,19). The van der Waals surface area contributed by atoms with Crippen LogP contribution in [0.3, 0.4) is 0 Å². The van der Waals surface area contributed by atoms with E-state index in [1.54, 1.807) is 0 Å². The van der Waals surface area contributed by atoms with Gasteiger partial charge in [0.25, 0.3) is 5.92 Å². The van der Waals surface area contributed by atoms with Gasteiger partial charge in [-0.05, 0) is 31.3 Å². The van der Waals surface area contributed by atoms with E-state index in [9.17, 15) is 8.78 Å². The summed E-state index contributed by atoms with van der Waals surface area (Å²) < 4.78 is 27.9. The van der Waals surface area contributed by atoms with Crippen LogP contribution in [-0.4, -0.2) is 15.9 Å². The lowest BCUT2D eigenvalue weighted by Gasteiger charge is -2.22. The smallest absolute Gasteiger partial charge is 0.285 e. The Balaban J connectivity index is 2.32. The van der Waals surface area contributed by atoms with Crippen molar-refractivity contribution in [3.63, 3.8) is 0 Å². The van der Waals surface area contributed by atoms with Crippen LogP contribution < -0.4 is 5.73 Å². The zero-order valence-electron chi connectivity index (χ0n) is 10.3. The molecule has 1 saturated carbocycles. The van der Waals surface area contributed by atoms with Crippen molar-refractivity contribution in [2.45, 2.75) is 25.7 Å². The van der Waals surface area contributed by atoms with Crippen molar-refractivity contribution < 1.29 is 8.78 Å². The molecule has 0 bridgehead atoms. The zero-order valence-corrected chi connectivity index (χ0v) is 11.1. The minimum Gasteiger partial charge on any atom is -0.381 e. The van der Waals surface area contributed by atoms with Crippen molar-refractivity contribution in [2.75, 3.05) is 5.73 Å². The SMILES string of the molecule is C=C(C)C(F)(F)C1(C#Cc2ncc(Cl)nc2N)CC1. The molecule has 19 heavy (non-hydrogen) atoms. The van der Waals surface area contributed by atoms with Gasteiger partial charge in [0.15, 0.2) is 11.5 Å². The third-order valence-corrected chi connectivity index (χ3v) is 3.26. The normalized spacial score (nSPS) is 16.4. The molecule has 0 saturated heterocycles. The second-order valence-electron chi connectivity index (χ2n) is 4.61. The zero-order chi connectivity index (χ0) is 14.3. The number of nitrogen functional groups attached to an aromatic ring is 1. The highest BCUT2D eigenvalue weighted by atomic mass is 35.5. The first kappa shape index (κ1) is 13.8. The largest absolute Gasteiger partial charge is 0.381 e. The molecule has 6 heteroatoms. The quantitative estimate of drug-likeness (QED) is 0.670. The number of alkyl halides is 2. The summed E-state index contributed by atoms with van der Waals surface area (Å²) in [5.41, 5.74) is 4.21. The number of allylic oxidation sites excluding steroid dienone is 1. The summed E-state index contributed by atoms with van der Waals surface area (Å²) in [5, 5.41) is 0.136. The number of hydrogen-bond donors (Lipinski definition) is 1. The summed E-state index contributed by atoms with van der Waals surface area (Å²) in [6.07, 6.45) is 1.94. The molecule has 100 valence electrons. The number of rotatable bonds is 2. The fraction of sp³-hybridized carbons (Fsp3) is 0.385. The Bertz CT molecular complexity index is 598. The van der Waals surface area contributed by atoms with Crippen molar-refractivity contribution in [3.05, 3.63) is 29.2 Å². The topological polar surface area (TPSA) is 51.8 Å². The van der Waals surface area contributed by atoms with Gasteiger partial charge >= 0.3 is 0 Å². The molecule has 0 aliphatic heterocycles. The third kappa shape index (κ3) is 2.41. The van der Waals surface area contributed by atoms with Crippen LogP contribution >= 0.6 is 11.6 Å². The van der Waals surface area contributed by atoms with Crippen molar-refractivity contribution in [1.29, 1.82) is 0 Å². The number of aromatic nitrogens is 2. The molecule has 0 unspecified atom stereocenters. The van der Waals surface area contributed by atoms with Gasteiger partial charge in [-0.3, -0.25) is 0 Å². The number of hydrogen-bond acceptors (Lipinski definition) is 3. The Hall–Kier alpha value is -1.67. The van der Waals surface area contributed by atoms with Crippen LogP contribution in [0.1, 0.15) is 25.5 Å². The first-order valence-corrected chi connectivity index (χ1v) is 6.01. The van der Waals surface area contributed by atoms with Crippen molar-refractivity contribution in [2.24, 2.45) is 5.41 Å². The molecular weight excluding hydrogens is 272 g/mol. The first-order chi connectivity index (χ1) is 8.78. The molecule has 3 nitrogen and oxygen atoms in total. The Morgan fingerprint density at radius 3 is 2.68 bits per heavy atom. The molecule has 1 aliphatic carbocycles. The maximum absolute atomic E-state index is 14.0. The van der Waals surface area contributed by atoms with E-state index < -0.39 is 11.3 Å². The molecule has 1 heterocycles. The molecule has 0 spiro atoms. The molecule has 0 amide bonds. The van der Waals surface area contributed by atoms with E-state index in [1.807, 2.05) is 0 Å². The summed E-state index contributed by atoms with van der Waals surface area (Å²) in [6, 6.07) is 0. The molecule has 1 aromatic rings. The van der Waals surface area contributed by atoms with Crippen molar-refractivity contribution in [1.82, 2.24) is 9.97 Å². The highest BCUT2D eigenvalue weighted by Crippen LogP contribution is 2.58. The maximum Gasteiger partial charge on any atom is 0.285 e. The molecule has 1 fully saturated rings. The Morgan fingerprint density at radius 1 is 1.58 bits per heavy atom. The van der Waals surface area contributed by atoms with E-state index in [0.717, 1.165) is 0 Å². The van der Waals surface area contributed by atoms with Crippen LogP contribution in [0.5, 0.6) is 0 Å². The van der Waals surface area contributed by atoms with E-state index in [0.29, 0.717) is 12.8 Å². The van der Waals surface area contributed by atoms with Gasteiger partial charge in [0.05, 0.1) is 11.6 Å². The maximum atomic E-state index is 14.0. The van der Waals surface area contributed by atoms with E-state index in [1.165, 1.54) is 13.1 Å². The summed E-state index contributed by atoms with van der Waals surface area (Å²) in [4.78, 5) is 7.64. The minimum atomic E-state index is -3.01. The van der Waals surface area contributed by atoms with Crippen LogP contribution in [0.25, 0.3) is 0 Å².